The molecular weight excluding hydrogens is 288 g/mol. The summed E-state index contributed by atoms with van der Waals surface area (Å²) in [6, 6.07) is 2.38. The predicted molar refractivity (Wildman–Crippen MR) is 61.3 cm³/mol. The number of hydrogen-bond donors (Lipinski definition) is 2. The minimum atomic E-state index is -5.86. The van der Waals surface area contributed by atoms with E-state index in [1.165, 1.54) is 6.92 Å². The third kappa shape index (κ3) is 2.70. The van der Waals surface area contributed by atoms with E-state index in [4.69, 9.17) is 0 Å². The largest absolute Gasteiger partial charge is 0.430 e. The van der Waals surface area contributed by atoms with Gasteiger partial charge in [-0.05, 0) is 25.5 Å². The molecule has 0 spiro atoms. The molecule has 2 nitrogen and oxygen atoms in total. The molecule has 8 heteroatoms. The van der Waals surface area contributed by atoms with Crippen LogP contribution in [0.5, 0.6) is 0 Å². The quantitative estimate of drug-likeness (QED) is 0.834. The number of alkyl halides is 6. The second kappa shape index (κ2) is 5.16. The summed E-state index contributed by atoms with van der Waals surface area (Å²) in [6.07, 6.45) is -11.7. The Labute approximate surface area is 111 Å². The fourth-order valence-corrected chi connectivity index (χ4v) is 1.77. The minimum absolute atomic E-state index is 0.177. The fourth-order valence-electron chi connectivity index (χ4n) is 1.77. The number of aliphatic hydroxyl groups is 1. The maximum Gasteiger partial charge on any atom is 0.430 e. The van der Waals surface area contributed by atoms with E-state index in [2.05, 4.69) is 5.32 Å². The predicted octanol–water partition coefficient (Wildman–Crippen LogP) is 3.74. The number of anilines is 1. The van der Waals surface area contributed by atoms with Crippen LogP contribution in [0.3, 0.4) is 0 Å². The van der Waals surface area contributed by atoms with E-state index >= 15 is 0 Å². The number of benzene rings is 1. The number of rotatable bonds is 3. The molecule has 0 atom stereocenters. The van der Waals surface area contributed by atoms with Crippen LogP contribution in [0, 0.1) is 6.92 Å². The maximum absolute atomic E-state index is 12.7. The fraction of sp³-hybridized carbons (Fsp3) is 0.500. The van der Waals surface area contributed by atoms with Crippen LogP contribution in [0.2, 0.25) is 0 Å². The lowest BCUT2D eigenvalue weighted by molar-refractivity contribution is -0.376. The van der Waals surface area contributed by atoms with Crippen LogP contribution in [0.1, 0.15) is 18.1 Å². The molecule has 2 N–H and O–H groups in total. The van der Waals surface area contributed by atoms with Crippen molar-refractivity contribution in [2.24, 2.45) is 0 Å². The summed E-state index contributed by atoms with van der Waals surface area (Å²) in [5.41, 5.74) is -5.55. The molecule has 0 bridgehead atoms. The van der Waals surface area contributed by atoms with Crippen molar-refractivity contribution < 1.29 is 31.4 Å². The molecule has 0 fully saturated rings. The monoisotopic (exact) mass is 301 g/mol. The van der Waals surface area contributed by atoms with Crippen molar-refractivity contribution in [1.82, 2.24) is 0 Å². The van der Waals surface area contributed by atoms with Crippen molar-refractivity contribution in [1.29, 1.82) is 0 Å². The molecule has 0 aliphatic carbocycles. The highest BCUT2D eigenvalue weighted by atomic mass is 19.4. The third-order valence-corrected chi connectivity index (χ3v) is 2.83. The van der Waals surface area contributed by atoms with Gasteiger partial charge in [0.2, 0.25) is 0 Å². The molecule has 20 heavy (non-hydrogen) atoms. The summed E-state index contributed by atoms with van der Waals surface area (Å²) in [4.78, 5) is 0. The molecule has 1 aromatic carbocycles. The summed E-state index contributed by atoms with van der Waals surface area (Å²) >= 11 is 0. The first-order chi connectivity index (χ1) is 8.95. The van der Waals surface area contributed by atoms with Gasteiger partial charge >= 0.3 is 12.4 Å². The lowest BCUT2D eigenvalue weighted by Crippen LogP contribution is -2.53. The summed E-state index contributed by atoms with van der Waals surface area (Å²) in [5.74, 6) is 0. The second-order valence-corrected chi connectivity index (χ2v) is 4.27. The Morgan fingerprint density at radius 1 is 1.05 bits per heavy atom. The number of nitrogens with one attached hydrogen (secondary N) is 1. The van der Waals surface area contributed by atoms with E-state index in [1.807, 2.05) is 0 Å². The number of halogens is 6. The number of hydrogen-bond acceptors (Lipinski definition) is 2. The lowest BCUT2D eigenvalue weighted by atomic mass is 9.90. The Bertz CT molecular complexity index is 466. The summed E-state index contributed by atoms with van der Waals surface area (Å²) in [6.45, 7) is 3.55. The molecule has 0 saturated heterocycles. The van der Waals surface area contributed by atoms with E-state index < -0.39 is 23.5 Å². The Kier molecular flexibility index (Phi) is 4.28. The Hall–Kier alpha value is -1.44. The standard InChI is InChI=1S/C12H13F6NO/c1-3-19-9-5-4-8(6-7(9)2)10(20,11(13,14)15)12(16,17)18/h4-6,19-20H,3H2,1-2H3. The molecule has 0 heterocycles. The van der Waals surface area contributed by atoms with Crippen molar-refractivity contribution in [3.05, 3.63) is 29.3 Å². The minimum Gasteiger partial charge on any atom is -0.385 e. The Morgan fingerprint density at radius 3 is 1.90 bits per heavy atom. The first-order valence-electron chi connectivity index (χ1n) is 5.66. The van der Waals surface area contributed by atoms with Crippen LogP contribution in [0.4, 0.5) is 32.0 Å². The zero-order valence-corrected chi connectivity index (χ0v) is 10.7. The highest BCUT2D eigenvalue weighted by molar-refractivity contribution is 5.53. The topological polar surface area (TPSA) is 32.3 Å². The lowest BCUT2D eigenvalue weighted by Gasteiger charge is -2.33. The van der Waals surface area contributed by atoms with Gasteiger partial charge in [-0.25, -0.2) is 0 Å². The van der Waals surface area contributed by atoms with Crippen molar-refractivity contribution >= 4 is 5.69 Å². The molecule has 114 valence electrons. The van der Waals surface area contributed by atoms with Gasteiger partial charge in [0, 0.05) is 17.8 Å². The molecule has 1 aromatic rings. The summed E-state index contributed by atoms with van der Waals surface area (Å²) < 4.78 is 76.1. The summed E-state index contributed by atoms with van der Waals surface area (Å²) in [5, 5.41) is 12.0. The molecule has 0 aliphatic rings. The normalized spacial score (nSPS) is 13.4. The zero-order chi connectivity index (χ0) is 15.8. The van der Waals surface area contributed by atoms with Gasteiger partial charge in [-0.1, -0.05) is 12.1 Å². The van der Waals surface area contributed by atoms with E-state index in [1.54, 1.807) is 6.92 Å². The maximum atomic E-state index is 12.7. The molecule has 0 unspecified atom stereocenters. The highest BCUT2D eigenvalue weighted by Gasteiger charge is 2.71. The van der Waals surface area contributed by atoms with Gasteiger partial charge in [-0.3, -0.25) is 0 Å². The van der Waals surface area contributed by atoms with Gasteiger partial charge in [-0.2, -0.15) is 26.3 Å². The van der Waals surface area contributed by atoms with Crippen molar-refractivity contribution in [3.8, 4) is 0 Å². The smallest absolute Gasteiger partial charge is 0.385 e. The SMILES string of the molecule is CCNc1ccc(C(O)(C(F)(F)F)C(F)(F)F)cc1C. The van der Waals surface area contributed by atoms with Gasteiger partial charge in [-0.15, -0.1) is 0 Å². The van der Waals surface area contributed by atoms with Crippen molar-refractivity contribution in [3.63, 3.8) is 0 Å². The molecular formula is C12H13F6NO. The first-order valence-corrected chi connectivity index (χ1v) is 5.66. The van der Waals surface area contributed by atoms with Crippen LogP contribution < -0.4 is 5.32 Å². The Balaban J connectivity index is 3.42. The van der Waals surface area contributed by atoms with Crippen LogP contribution in [0.15, 0.2) is 18.2 Å². The van der Waals surface area contributed by atoms with E-state index in [-0.39, 0.29) is 5.56 Å². The van der Waals surface area contributed by atoms with Gasteiger partial charge in [0.1, 0.15) is 0 Å². The van der Waals surface area contributed by atoms with Gasteiger partial charge in [0.15, 0.2) is 0 Å². The molecule has 0 aromatic heterocycles. The molecule has 0 aliphatic heterocycles. The van der Waals surface area contributed by atoms with Crippen LogP contribution in [-0.4, -0.2) is 24.0 Å². The highest BCUT2D eigenvalue weighted by Crippen LogP contribution is 2.50. The molecule has 0 amide bonds. The first kappa shape index (κ1) is 16.6. The van der Waals surface area contributed by atoms with Crippen LogP contribution >= 0.6 is 0 Å². The summed E-state index contributed by atoms with van der Waals surface area (Å²) in [7, 11) is 0. The van der Waals surface area contributed by atoms with Gasteiger partial charge < -0.3 is 10.4 Å². The molecule has 0 radical (unpaired) electrons. The van der Waals surface area contributed by atoms with E-state index in [0.29, 0.717) is 24.4 Å². The zero-order valence-electron chi connectivity index (χ0n) is 10.7. The van der Waals surface area contributed by atoms with Crippen LogP contribution in [-0.2, 0) is 5.60 Å². The van der Waals surface area contributed by atoms with Crippen molar-refractivity contribution in [2.75, 3.05) is 11.9 Å². The average molecular weight is 301 g/mol. The van der Waals surface area contributed by atoms with Crippen LogP contribution in [0.25, 0.3) is 0 Å². The van der Waals surface area contributed by atoms with Crippen molar-refractivity contribution in [2.45, 2.75) is 31.8 Å². The Morgan fingerprint density at radius 2 is 1.55 bits per heavy atom. The molecule has 1 rings (SSSR count). The number of aryl methyl sites for hydroxylation is 1. The van der Waals surface area contributed by atoms with E-state index in [0.717, 1.165) is 6.07 Å². The van der Waals surface area contributed by atoms with Gasteiger partial charge in [0.25, 0.3) is 5.60 Å². The average Bonchev–Trinajstić information content (AvgIpc) is 2.28. The third-order valence-electron chi connectivity index (χ3n) is 2.83. The second-order valence-electron chi connectivity index (χ2n) is 4.27. The van der Waals surface area contributed by atoms with E-state index in [9.17, 15) is 31.4 Å². The molecule has 0 saturated carbocycles. The van der Waals surface area contributed by atoms with Gasteiger partial charge in [0.05, 0.1) is 0 Å².